The molecule has 1 aliphatic rings. The highest BCUT2D eigenvalue weighted by molar-refractivity contribution is 5.24. The molecule has 1 fully saturated rings. The molecule has 0 bridgehead atoms. The lowest BCUT2D eigenvalue weighted by Crippen LogP contribution is -2.44. The molecule has 0 radical (unpaired) electrons. The molecule has 1 aromatic rings. The zero-order valence-corrected chi connectivity index (χ0v) is 13.5. The summed E-state index contributed by atoms with van der Waals surface area (Å²) in [5.74, 6) is 0.785. The first kappa shape index (κ1) is 15.5. The Hall–Kier alpha value is -0.860. The average Bonchev–Trinajstić information content (AvgIpc) is 2.45. The lowest BCUT2D eigenvalue weighted by atomic mass is 9.90. The first-order valence-corrected chi connectivity index (χ1v) is 8.11. The van der Waals surface area contributed by atoms with Crippen molar-refractivity contribution in [2.75, 3.05) is 20.1 Å². The van der Waals surface area contributed by atoms with Crippen molar-refractivity contribution < 1.29 is 0 Å². The fraction of sp³-hybridized carbons (Fsp3) is 0.667. The Balaban J connectivity index is 1.96. The summed E-state index contributed by atoms with van der Waals surface area (Å²) in [6.45, 7) is 9.29. The number of hydrogen-bond acceptors (Lipinski definition) is 2. The lowest BCUT2D eigenvalue weighted by molar-refractivity contribution is 0.172. The van der Waals surface area contributed by atoms with Crippen molar-refractivity contribution in [2.24, 2.45) is 5.92 Å². The average molecular weight is 274 g/mol. The Morgan fingerprint density at radius 3 is 2.60 bits per heavy atom. The molecular weight excluding hydrogens is 244 g/mol. The number of rotatable bonds is 5. The molecule has 0 spiro atoms. The smallest absolute Gasteiger partial charge is 0.0320 e. The first-order valence-electron chi connectivity index (χ1n) is 8.11. The van der Waals surface area contributed by atoms with Crippen LogP contribution in [0, 0.1) is 12.8 Å². The minimum atomic E-state index is 0.484. The van der Waals surface area contributed by atoms with Crippen molar-refractivity contribution in [3.05, 3.63) is 35.4 Å². The summed E-state index contributed by atoms with van der Waals surface area (Å²) in [5.41, 5.74) is 2.76. The monoisotopic (exact) mass is 274 g/mol. The van der Waals surface area contributed by atoms with Crippen LogP contribution < -0.4 is 5.32 Å². The third-order valence-corrected chi connectivity index (χ3v) is 4.72. The van der Waals surface area contributed by atoms with Crippen LogP contribution in [-0.4, -0.2) is 31.1 Å². The second kappa shape index (κ2) is 7.24. The molecule has 1 aliphatic heterocycles. The summed E-state index contributed by atoms with van der Waals surface area (Å²) in [4.78, 5) is 2.47. The third kappa shape index (κ3) is 4.07. The Bertz CT molecular complexity index is 398. The summed E-state index contributed by atoms with van der Waals surface area (Å²) >= 11 is 0. The molecule has 2 heteroatoms. The number of likely N-dealkylation sites (tertiary alicyclic amines) is 1. The van der Waals surface area contributed by atoms with E-state index in [0.29, 0.717) is 12.1 Å². The van der Waals surface area contributed by atoms with Crippen LogP contribution in [0.5, 0.6) is 0 Å². The third-order valence-electron chi connectivity index (χ3n) is 4.72. The van der Waals surface area contributed by atoms with Gasteiger partial charge >= 0.3 is 0 Å². The highest BCUT2D eigenvalue weighted by atomic mass is 15.1. The van der Waals surface area contributed by atoms with E-state index in [0.717, 1.165) is 12.3 Å². The van der Waals surface area contributed by atoms with E-state index in [1.54, 1.807) is 0 Å². The van der Waals surface area contributed by atoms with Crippen LogP contribution in [0.2, 0.25) is 0 Å². The van der Waals surface area contributed by atoms with E-state index in [4.69, 9.17) is 0 Å². The number of aryl methyl sites for hydroxylation is 1. The Kier molecular flexibility index (Phi) is 5.62. The van der Waals surface area contributed by atoms with Crippen molar-refractivity contribution in [1.29, 1.82) is 0 Å². The number of nitrogens with zero attached hydrogens (tertiary/aromatic N) is 1. The highest BCUT2D eigenvalue weighted by Gasteiger charge is 2.24. The molecule has 1 saturated heterocycles. The standard InChI is InChI=1S/C18H30N2/c1-5-18(16-10-8-14(2)9-11-16)19-15(3)17-7-6-12-20(4)13-17/h8-11,15,17-19H,5-7,12-13H2,1-4H3. The van der Waals surface area contributed by atoms with Gasteiger partial charge in [-0.25, -0.2) is 0 Å². The van der Waals surface area contributed by atoms with Gasteiger partial charge in [0.2, 0.25) is 0 Å². The SMILES string of the molecule is CCC(NC(C)C1CCCN(C)C1)c1ccc(C)cc1. The van der Waals surface area contributed by atoms with Gasteiger partial charge in [0.15, 0.2) is 0 Å². The van der Waals surface area contributed by atoms with E-state index in [1.807, 2.05) is 0 Å². The topological polar surface area (TPSA) is 15.3 Å². The molecule has 0 saturated carbocycles. The number of hydrogen-bond donors (Lipinski definition) is 1. The van der Waals surface area contributed by atoms with E-state index in [2.05, 4.69) is 62.3 Å². The summed E-state index contributed by atoms with van der Waals surface area (Å²) in [5, 5.41) is 3.87. The minimum absolute atomic E-state index is 0.484. The van der Waals surface area contributed by atoms with Crippen LogP contribution in [0.25, 0.3) is 0 Å². The van der Waals surface area contributed by atoms with Crippen molar-refractivity contribution in [3.63, 3.8) is 0 Å². The lowest BCUT2D eigenvalue weighted by Gasteiger charge is -2.35. The summed E-state index contributed by atoms with van der Waals surface area (Å²) in [7, 11) is 2.25. The van der Waals surface area contributed by atoms with Gasteiger partial charge in [0.25, 0.3) is 0 Å². The fourth-order valence-corrected chi connectivity index (χ4v) is 3.32. The maximum absolute atomic E-state index is 3.87. The predicted molar refractivity (Wildman–Crippen MR) is 87.0 cm³/mol. The van der Waals surface area contributed by atoms with Crippen LogP contribution in [0.15, 0.2) is 24.3 Å². The Morgan fingerprint density at radius 2 is 2.00 bits per heavy atom. The molecule has 1 aromatic carbocycles. The van der Waals surface area contributed by atoms with Gasteiger partial charge < -0.3 is 10.2 Å². The highest BCUT2D eigenvalue weighted by Crippen LogP contribution is 2.23. The second-order valence-corrected chi connectivity index (χ2v) is 6.49. The maximum atomic E-state index is 3.87. The summed E-state index contributed by atoms with van der Waals surface area (Å²) in [6.07, 6.45) is 3.85. The molecule has 0 aromatic heterocycles. The van der Waals surface area contributed by atoms with Gasteiger partial charge in [-0.1, -0.05) is 36.8 Å². The zero-order valence-electron chi connectivity index (χ0n) is 13.5. The number of benzene rings is 1. The van der Waals surface area contributed by atoms with Crippen LogP contribution >= 0.6 is 0 Å². The molecular formula is C18H30N2. The van der Waals surface area contributed by atoms with Crippen molar-refractivity contribution >= 4 is 0 Å². The Labute approximate surface area is 124 Å². The van der Waals surface area contributed by atoms with Crippen LogP contribution in [0.1, 0.15) is 50.3 Å². The first-order chi connectivity index (χ1) is 9.60. The molecule has 1 N–H and O–H groups in total. The van der Waals surface area contributed by atoms with Crippen LogP contribution in [0.3, 0.4) is 0 Å². The van der Waals surface area contributed by atoms with Gasteiger partial charge in [0.1, 0.15) is 0 Å². The normalized spacial score (nSPS) is 23.5. The van der Waals surface area contributed by atoms with E-state index in [9.17, 15) is 0 Å². The fourth-order valence-electron chi connectivity index (χ4n) is 3.32. The molecule has 3 unspecified atom stereocenters. The van der Waals surface area contributed by atoms with Gasteiger partial charge in [0, 0.05) is 18.6 Å². The Morgan fingerprint density at radius 1 is 1.30 bits per heavy atom. The van der Waals surface area contributed by atoms with Gasteiger partial charge in [-0.05, 0) is 58.2 Å². The van der Waals surface area contributed by atoms with E-state index < -0.39 is 0 Å². The predicted octanol–water partition coefficient (Wildman–Crippen LogP) is 3.77. The zero-order chi connectivity index (χ0) is 14.5. The number of piperidine rings is 1. The molecule has 3 atom stereocenters. The molecule has 0 amide bonds. The van der Waals surface area contributed by atoms with E-state index in [-0.39, 0.29) is 0 Å². The molecule has 0 aliphatic carbocycles. The van der Waals surface area contributed by atoms with Crippen LogP contribution in [-0.2, 0) is 0 Å². The van der Waals surface area contributed by atoms with E-state index >= 15 is 0 Å². The molecule has 1 heterocycles. The van der Waals surface area contributed by atoms with Crippen molar-refractivity contribution in [2.45, 2.75) is 52.1 Å². The largest absolute Gasteiger partial charge is 0.307 e. The van der Waals surface area contributed by atoms with E-state index in [1.165, 1.54) is 37.1 Å². The molecule has 2 nitrogen and oxygen atoms in total. The van der Waals surface area contributed by atoms with Gasteiger partial charge in [-0.3, -0.25) is 0 Å². The maximum Gasteiger partial charge on any atom is 0.0320 e. The summed E-state index contributed by atoms with van der Waals surface area (Å²) in [6, 6.07) is 10.1. The minimum Gasteiger partial charge on any atom is -0.307 e. The van der Waals surface area contributed by atoms with Gasteiger partial charge in [-0.15, -0.1) is 0 Å². The van der Waals surface area contributed by atoms with Gasteiger partial charge in [-0.2, -0.15) is 0 Å². The second-order valence-electron chi connectivity index (χ2n) is 6.49. The molecule has 20 heavy (non-hydrogen) atoms. The van der Waals surface area contributed by atoms with Crippen molar-refractivity contribution in [1.82, 2.24) is 10.2 Å². The molecule has 112 valence electrons. The van der Waals surface area contributed by atoms with Crippen molar-refractivity contribution in [3.8, 4) is 0 Å². The molecule has 2 rings (SSSR count). The number of nitrogens with one attached hydrogen (secondary N) is 1. The summed E-state index contributed by atoms with van der Waals surface area (Å²) < 4.78 is 0. The quantitative estimate of drug-likeness (QED) is 0.879. The van der Waals surface area contributed by atoms with Gasteiger partial charge in [0.05, 0.1) is 0 Å². The van der Waals surface area contributed by atoms with Crippen LogP contribution in [0.4, 0.5) is 0 Å².